The highest BCUT2D eigenvalue weighted by atomic mass is 19.1. The Bertz CT molecular complexity index is 349. The van der Waals surface area contributed by atoms with Crippen LogP contribution in [0.5, 0.6) is 5.75 Å². The summed E-state index contributed by atoms with van der Waals surface area (Å²) in [6, 6.07) is 7.12. The molecule has 1 unspecified atom stereocenters. The van der Waals surface area contributed by atoms with E-state index in [0.29, 0.717) is 17.7 Å². The smallest absolute Gasteiger partial charge is 0.127 e. The van der Waals surface area contributed by atoms with E-state index in [0.717, 1.165) is 12.8 Å². The van der Waals surface area contributed by atoms with Crippen molar-refractivity contribution in [3.05, 3.63) is 29.8 Å². The molecule has 0 spiro atoms. The van der Waals surface area contributed by atoms with Crippen LogP contribution in [-0.4, -0.2) is 12.6 Å². The molecule has 1 aromatic rings. The number of halogens is 1. The van der Waals surface area contributed by atoms with Crippen LogP contribution in [-0.2, 0) is 0 Å². The SMILES string of the molecule is COc1cccc(C(F)CC2(N)CC2)c1. The summed E-state index contributed by atoms with van der Waals surface area (Å²) in [4.78, 5) is 0. The van der Waals surface area contributed by atoms with E-state index in [1.807, 2.05) is 6.07 Å². The van der Waals surface area contributed by atoms with Crippen molar-refractivity contribution < 1.29 is 9.13 Å². The summed E-state index contributed by atoms with van der Waals surface area (Å²) in [7, 11) is 1.58. The fourth-order valence-corrected chi connectivity index (χ4v) is 1.68. The van der Waals surface area contributed by atoms with Crippen molar-refractivity contribution >= 4 is 0 Å². The third kappa shape index (κ3) is 2.48. The zero-order valence-electron chi connectivity index (χ0n) is 8.87. The Morgan fingerprint density at radius 3 is 2.87 bits per heavy atom. The molecule has 2 nitrogen and oxygen atoms in total. The maximum absolute atomic E-state index is 13.9. The monoisotopic (exact) mass is 209 g/mol. The molecule has 15 heavy (non-hydrogen) atoms. The van der Waals surface area contributed by atoms with Gasteiger partial charge in [0, 0.05) is 12.0 Å². The lowest BCUT2D eigenvalue weighted by Crippen LogP contribution is -2.23. The van der Waals surface area contributed by atoms with E-state index < -0.39 is 6.17 Å². The first kappa shape index (κ1) is 10.4. The second-order valence-electron chi connectivity index (χ2n) is 4.31. The summed E-state index contributed by atoms with van der Waals surface area (Å²) in [5, 5.41) is 0. The Balaban J connectivity index is 2.07. The summed E-state index contributed by atoms with van der Waals surface area (Å²) in [5.41, 5.74) is 6.30. The molecule has 0 saturated heterocycles. The molecule has 1 atom stereocenters. The molecule has 82 valence electrons. The van der Waals surface area contributed by atoms with E-state index in [-0.39, 0.29) is 5.54 Å². The number of rotatable bonds is 4. The van der Waals surface area contributed by atoms with Crippen LogP contribution in [0.4, 0.5) is 4.39 Å². The molecule has 0 aliphatic heterocycles. The third-order valence-electron chi connectivity index (χ3n) is 2.93. The molecule has 0 heterocycles. The number of ether oxygens (including phenoxy) is 1. The highest BCUT2D eigenvalue weighted by Gasteiger charge is 2.40. The minimum atomic E-state index is -0.979. The fourth-order valence-electron chi connectivity index (χ4n) is 1.68. The zero-order chi connectivity index (χ0) is 10.9. The van der Waals surface area contributed by atoms with Gasteiger partial charge in [0.15, 0.2) is 0 Å². The first-order valence-electron chi connectivity index (χ1n) is 5.20. The maximum atomic E-state index is 13.9. The summed E-state index contributed by atoms with van der Waals surface area (Å²) in [5.74, 6) is 0.692. The average Bonchev–Trinajstić information content (AvgIpc) is 2.96. The first-order chi connectivity index (χ1) is 7.13. The van der Waals surface area contributed by atoms with E-state index in [1.165, 1.54) is 0 Å². The largest absolute Gasteiger partial charge is 0.497 e. The molecule has 1 fully saturated rings. The molecule has 0 aromatic heterocycles. The number of hydrogen-bond acceptors (Lipinski definition) is 2. The van der Waals surface area contributed by atoms with Gasteiger partial charge in [-0.15, -0.1) is 0 Å². The minimum Gasteiger partial charge on any atom is -0.497 e. The lowest BCUT2D eigenvalue weighted by Gasteiger charge is -2.14. The topological polar surface area (TPSA) is 35.2 Å². The van der Waals surface area contributed by atoms with Crippen LogP contribution in [0.15, 0.2) is 24.3 Å². The molecular formula is C12H16FNO. The quantitative estimate of drug-likeness (QED) is 0.827. The van der Waals surface area contributed by atoms with Gasteiger partial charge in [-0.3, -0.25) is 0 Å². The van der Waals surface area contributed by atoms with Crippen LogP contribution in [0.2, 0.25) is 0 Å². The van der Waals surface area contributed by atoms with Gasteiger partial charge < -0.3 is 10.5 Å². The number of benzene rings is 1. The van der Waals surface area contributed by atoms with Crippen molar-refractivity contribution in [1.29, 1.82) is 0 Å². The molecule has 1 saturated carbocycles. The molecule has 1 aliphatic carbocycles. The Hall–Kier alpha value is -1.09. The number of methoxy groups -OCH3 is 1. The van der Waals surface area contributed by atoms with Crippen molar-refractivity contribution in [2.75, 3.05) is 7.11 Å². The van der Waals surface area contributed by atoms with Crippen LogP contribution in [0.3, 0.4) is 0 Å². The molecule has 3 heteroatoms. The van der Waals surface area contributed by atoms with Gasteiger partial charge in [0.25, 0.3) is 0 Å². The van der Waals surface area contributed by atoms with Crippen molar-refractivity contribution in [2.24, 2.45) is 5.73 Å². The van der Waals surface area contributed by atoms with Gasteiger partial charge in [-0.05, 0) is 30.5 Å². The molecular weight excluding hydrogens is 193 g/mol. The average molecular weight is 209 g/mol. The highest BCUT2D eigenvalue weighted by Crippen LogP contribution is 2.41. The second-order valence-corrected chi connectivity index (χ2v) is 4.31. The van der Waals surface area contributed by atoms with Gasteiger partial charge in [0.2, 0.25) is 0 Å². The summed E-state index contributed by atoms with van der Waals surface area (Å²) >= 11 is 0. The Kier molecular flexibility index (Phi) is 2.65. The standard InChI is InChI=1S/C12H16FNO/c1-15-10-4-2-3-9(7-10)11(13)8-12(14)5-6-12/h2-4,7,11H,5-6,8,14H2,1H3. The van der Waals surface area contributed by atoms with E-state index in [2.05, 4.69) is 0 Å². The Labute approximate surface area is 89.2 Å². The summed E-state index contributed by atoms with van der Waals surface area (Å²) in [6.07, 6.45) is 1.32. The molecule has 1 aromatic carbocycles. The van der Waals surface area contributed by atoms with Crippen LogP contribution in [0, 0.1) is 0 Å². The van der Waals surface area contributed by atoms with Crippen molar-refractivity contribution in [3.8, 4) is 5.75 Å². The number of nitrogens with two attached hydrogens (primary N) is 1. The molecule has 0 amide bonds. The predicted molar refractivity (Wildman–Crippen MR) is 57.6 cm³/mol. The second kappa shape index (κ2) is 3.81. The first-order valence-corrected chi connectivity index (χ1v) is 5.20. The van der Waals surface area contributed by atoms with Crippen molar-refractivity contribution in [1.82, 2.24) is 0 Å². The van der Waals surface area contributed by atoms with Crippen LogP contribution in [0.1, 0.15) is 31.0 Å². The van der Waals surface area contributed by atoms with E-state index in [4.69, 9.17) is 10.5 Å². The van der Waals surface area contributed by atoms with Crippen molar-refractivity contribution in [2.45, 2.75) is 31.0 Å². The number of hydrogen-bond donors (Lipinski definition) is 1. The van der Waals surface area contributed by atoms with Gasteiger partial charge in [0.1, 0.15) is 11.9 Å². The van der Waals surface area contributed by atoms with Crippen LogP contribution < -0.4 is 10.5 Å². The Morgan fingerprint density at radius 2 is 2.27 bits per heavy atom. The summed E-state index contributed by atoms with van der Waals surface area (Å²) < 4.78 is 18.9. The maximum Gasteiger partial charge on any atom is 0.127 e. The molecule has 2 N–H and O–H groups in total. The predicted octanol–water partition coefficient (Wildman–Crippen LogP) is 2.59. The fraction of sp³-hybridized carbons (Fsp3) is 0.500. The summed E-state index contributed by atoms with van der Waals surface area (Å²) in [6.45, 7) is 0. The highest BCUT2D eigenvalue weighted by molar-refractivity contribution is 5.30. The van der Waals surface area contributed by atoms with E-state index in [1.54, 1.807) is 25.3 Å². The number of alkyl halides is 1. The molecule has 2 rings (SSSR count). The zero-order valence-corrected chi connectivity index (χ0v) is 8.87. The van der Waals surface area contributed by atoms with Gasteiger partial charge in [-0.1, -0.05) is 12.1 Å². The van der Waals surface area contributed by atoms with E-state index in [9.17, 15) is 4.39 Å². The molecule has 1 aliphatic rings. The molecule has 0 bridgehead atoms. The van der Waals surface area contributed by atoms with Crippen LogP contribution in [0.25, 0.3) is 0 Å². The normalized spacial score (nSPS) is 19.7. The molecule has 0 radical (unpaired) electrons. The Morgan fingerprint density at radius 1 is 1.53 bits per heavy atom. The lowest BCUT2D eigenvalue weighted by molar-refractivity contribution is 0.294. The van der Waals surface area contributed by atoms with E-state index >= 15 is 0 Å². The minimum absolute atomic E-state index is 0.248. The lowest BCUT2D eigenvalue weighted by atomic mass is 10.0. The van der Waals surface area contributed by atoms with Crippen molar-refractivity contribution in [3.63, 3.8) is 0 Å². The van der Waals surface area contributed by atoms with Crippen LogP contribution >= 0.6 is 0 Å². The van der Waals surface area contributed by atoms with Gasteiger partial charge in [-0.25, -0.2) is 4.39 Å². The third-order valence-corrected chi connectivity index (χ3v) is 2.93. The van der Waals surface area contributed by atoms with Gasteiger partial charge in [0.05, 0.1) is 7.11 Å². The van der Waals surface area contributed by atoms with Gasteiger partial charge in [-0.2, -0.15) is 0 Å². The van der Waals surface area contributed by atoms with Gasteiger partial charge >= 0.3 is 0 Å².